The fraction of sp³-hybridized carbons (Fsp3) is 0.250. The average Bonchev–Trinajstić information content (AvgIpc) is 2.16. The molecule has 0 atom stereocenters. The van der Waals surface area contributed by atoms with Gasteiger partial charge in [0.05, 0.1) is 14.2 Å². The van der Waals surface area contributed by atoms with Crippen LogP contribution in [0.1, 0.15) is 10.4 Å². The molecule has 0 N–H and O–H groups in total. The standard InChI is InChI=1S/C8H8BrNO3/c1-12-6-3-7(9)10-4-5(6)8(11)13-2/h3-4H,1-2H3. The van der Waals surface area contributed by atoms with E-state index in [-0.39, 0.29) is 0 Å². The van der Waals surface area contributed by atoms with Crippen LogP contribution in [0.3, 0.4) is 0 Å². The van der Waals surface area contributed by atoms with Crippen LogP contribution < -0.4 is 4.74 Å². The van der Waals surface area contributed by atoms with E-state index in [4.69, 9.17) is 4.74 Å². The average molecular weight is 246 g/mol. The molecule has 1 rings (SSSR count). The van der Waals surface area contributed by atoms with E-state index >= 15 is 0 Å². The minimum Gasteiger partial charge on any atom is -0.496 e. The van der Waals surface area contributed by atoms with Crippen molar-refractivity contribution in [1.29, 1.82) is 0 Å². The molecule has 70 valence electrons. The van der Waals surface area contributed by atoms with E-state index in [0.29, 0.717) is 15.9 Å². The summed E-state index contributed by atoms with van der Waals surface area (Å²) in [5, 5.41) is 0. The normalized spacial score (nSPS) is 9.46. The molecule has 1 heterocycles. The van der Waals surface area contributed by atoms with Gasteiger partial charge >= 0.3 is 5.97 Å². The number of esters is 1. The fourth-order valence-corrected chi connectivity index (χ4v) is 1.16. The Morgan fingerprint density at radius 2 is 2.23 bits per heavy atom. The Labute approximate surface area is 84.0 Å². The summed E-state index contributed by atoms with van der Waals surface area (Å²) < 4.78 is 10.1. The first-order valence-electron chi connectivity index (χ1n) is 3.47. The maximum absolute atomic E-state index is 11.1. The highest BCUT2D eigenvalue weighted by atomic mass is 79.9. The summed E-state index contributed by atoms with van der Waals surface area (Å²) in [4.78, 5) is 15.0. The summed E-state index contributed by atoms with van der Waals surface area (Å²) >= 11 is 3.16. The zero-order chi connectivity index (χ0) is 9.84. The first-order valence-corrected chi connectivity index (χ1v) is 4.26. The number of rotatable bonds is 2. The Kier molecular flexibility index (Phi) is 3.25. The van der Waals surface area contributed by atoms with E-state index in [1.165, 1.54) is 20.4 Å². The lowest BCUT2D eigenvalue weighted by Crippen LogP contribution is -2.04. The summed E-state index contributed by atoms with van der Waals surface area (Å²) in [6.07, 6.45) is 1.40. The Morgan fingerprint density at radius 3 is 2.77 bits per heavy atom. The van der Waals surface area contributed by atoms with Gasteiger partial charge in [-0.2, -0.15) is 0 Å². The summed E-state index contributed by atoms with van der Waals surface area (Å²) in [6.45, 7) is 0. The topological polar surface area (TPSA) is 48.4 Å². The lowest BCUT2D eigenvalue weighted by atomic mass is 10.2. The molecular weight excluding hydrogens is 238 g/mol. The van der Waals surface area contributed by atoms with Crippen LogP contribution >= 0.6 is 15.9 Å². The number of hydrogen-bond acceptors (Lipinski definition) is 4. The van der Waals surface area contributed by atoms with Crippen LogP contribution in [-0.2, 0) is 4.74 Å². The van der Waals surface area contributed by atoms with Crippen molar-refractivity contribution >= 4 is 21.9 Å². The van der Waals surface area contributed by atoms with Crippen LogP contribution in [0.4, 0.5) is 0 Å². The molecular formula is C8H8BrNO3. The van der Waals surface area contributed by atoms with Gasteiger partial charge in [0.1, 0.15) is 15.9 Å². The molecule has 0 radical (unpaired) electrons. The van der Waals surface area contributed by atoms with Crippen LogP contribution in [0.2, 0.25) is 0 Å². The van der Waals surface area contributed by atoms with Gasteiger partial charge in [-0.25, -0.2) is 9.78 Å². The molecule has 0 unspecified atom stereocenters. The highest BCUT2D eigenvalue weighted by molar-refractivity contribution is 9.10. The van der Waals surface area contributed by atoms with Gasteiger partial charge in [0.25, 0.3) is 0 Å². The Bertz CT molecular complexity index is 327. The molecule has 0 aliphatic carbocycles. The molecule has 13 heavy (non-hydrogen) atoms. The number of nitrogens with zero attached hydrogens (tertiary/aromatic N) is 1. The lowest BCUT2D eigenvalue weighted by molar-refractivity contribution is 0.0596. The maximum Gasteiger partial charge on any atom is 0.343 e. The monoisotopic (exact) mass is 245 g/mol. The molecule has 0 saturated heterocycles. The van der Waals surface area contributed by atoms with Gasteiger partial charge < -0.3 is 9.47 Å². The molecule has 0 aromatic carbocycles. The molecule has 0 spiro atoms. The highest BCUT2D eigenvalue weighted by Crippen LogP contribution is 2.21. The second kappa shape index (κ2) is 4.23. The van der Waals surface area contributed by atoms with Crippen molar-refractivity contribution in [2.75, 3.05) is 14.2 Å². The van der Waals surface area contributed by atoms with Gasteiger partial charge in [-0.3, -0.25) is 0 Å². The lowest BCUT2D eigenvalue weighted by Gasteiger charge is -2.05. The SMILES string of the molecule is COC(=O)c1cnc(Br)cc1OC. The summed E-state index contributed by atoms with van der Waals surface area (Å²) in [7, 11) is 2.79. The molecule has 1 aromatic rings. The zero-order valence-electron chi connectivity index (χ0n) is 7.20. The van der Waals surface area contributed by atoms with Crippen molar-refractivity contribution in [1.82, 2.24) is 4.98 Å². The molecule has 0 saturated carbocycles. The smallest absolute Gasteiger partial charge is 0.343 e. The van der Waals surface area contributed by atoms with E-state index in [0.717, 1.165) is 0 Å². The minimum absolute atomic E-state index is 0.313. The Balaban J connectivity index is 3.13. The van der Waals surface area contributed by atoms with Crippen molar-refractivity contribution < 1.29 is 14.3 Å². The minimum atomic E-state index is -0.461. The number of ether oxygens (including phenoxy) is 2. The third kappa shape index (κ3) is 2.18. The molecule has 5 heteroatoms. The number of carbonyl (C=O) groups excluding carboxylic acids is 1. The van der Waals surface area contributed by atoms with Crippen molar-refractivity contribution in [2.45, 2.75) is 0 Å². The third-order valence-corrected chi connectivity index (χ3v) is 1.89. The quantitative estimate of drug-likeness (QED) is 0.587. The Hall–Kier alpha value is -1.10. The van der Waals surface area contributed by atoms with Gasteiger partial charge in [-0.15, -0.1) is 0 Å². The first-order chi connectivity index (χ1) is 6.19. The number of methoxy groups -OCH3 is 2. The van der Waals surface area contributed by atoms with Gasteiger partial charge in [0.15, 0.2) is 0 Å². The first kappa shape index (κ1) is 9.98. The number of pyridine rings is 1. The van der Waals surface area contributed by atoms with E-state index in [9.17, 15) is 4.79 Å². The maximum atomic E-state index is 11.1. The van der Waals surface area contributed by atoms with Gasteiger partial charge in [0, 0.05) is 12.3 Å². The third-order valence-electron chi connectivity index (χ3n) is 1.46. The van der Waals surface area contributed by atoms with Crippen molar-refractivity contribution in [3.05, 3.63) is 22.4 Å². The number of halogens is 1. The zero-order valence-corrected chi connectivity index (χ0v) is 8.79. The summed E-state index contributed by atoms with van der Waals surface area (Å²) in [5.74, 6) is -0.0226. The van der Waals surface area contributed by atoms with Gasteiger partial charge in [-0.05, 0) is 15.9 Å². The van der Waals surface area contributed by atoms with Gasteiger partial charge in [0.2, 0.25) is 0 Å². The highest BCUT2D eigenvalue weighted by Gasteiger charge is 2.12. The second-order valence-electron chi connectivity index (χ2n) is 2.20. The van der Waals surface area contributed by atoms with Crippen molar-refractivity contribution in [3.8, 4) is 5.75 Å². The van der Waals surface area contributed by atoms with Crippen LogP contribution in [0.5, 0.6) is 5.75 Å². The van der Waals surface area contributed by atoms with Gasteiger partial charge in [-0.1, -0.05) is 0 Å². The number of hydrogen-bond donors (Lipinski definition) is 0. The molecule has 0 aliphatic rings. The number of aromatic nitrogens is 1. The summed E-state index contributed by atoms with van der Waals surface area (Å²) in [6, 6.07) is 1.60. The molecule has 0 fully saturated rings. The predicted molar refractivity (Wildman–Crippen MR) is 49.8 cm³/mol. The molecule has 0 aliphatic heterocycles. The largest absolute Gasteiger partial charge is 0.496 e. The molecule has 1 aromatic heterocycles. The van der Waals surface area contributed by atoms with Crippen LogP contribution in [-0.4, -0.2) is 25.2 Å². The molecule has 4 nitrogen and oxygen atoms in total. The van der Waals surface area contributed by atoms with E-state index in [1.54, 1.807) is 6.07 Å². The van der Waals surface area contributed by atoms with E-state index < -0.39 is 5.97 Å². The van der Waals surface area contributed by atoms with Crippen molar-refractivity contribution in [2.24, 2.45) is 0 Å². The van der Waals surface area contributed by atoms with Crippen molar-refractivity contribution in [3.63, 3.8) is 0 Å². The fourth-order valence-electron chi connectivity index (χ4n) is 0.845. The van der Waals surface area contributed by atoms with E-state index in [2.05, 4.69) is 25.7 Å². The number of carbonyl (C=O) groups is 1. The van der Waals surface area contributed by atoms with E-state index in [1.807, 2.05) is 0 Å². The van der Waals surface area contributed by atoms with Crippen LogP contribution in [0.15, 0.2) is 16.9 Å². The second-order valence-corrected chi connectivity index (χ2v) is 3.01. The van der Waals surface area contributed by atoms with Crippen LogP contribution in [0.25, 0.3) is 0 Å². The Morgan fingerprint density at radius 1 is 1.54 bits per heavy atom. The summed E-state index contributed by atoms with van der Waals surface area (Å²) in [5.41, 5.74) is 0.313. The van der Waals surface area contributed by atoms with Crippen LogP contribution in [0, 0.1) is 0 Å². The molecule has 0 bridgehead atoms. The predicted octanol–water partition coefficient (Wildman–Crippen LogP) is 1.64. The molecule has 0 amide bonds.